The van der Waals surface area contributed by atoms with Gasteiger partial charge in [-0.15, -0.1) is 10.2 Å². The largest absolute Gasteiger partial charge is 0.368 e. The Labute approximate surface area is 707 Å². The Balaban J connectivity index is 0.441. The van der Waals surface area contributed by atoms with Crippen molar-refractivity contribution in [2.24, 2.45) is 5.73 Å². The number of nitrogens with one attached hydrogen (secondary N) is 9. The summed E-state index contributed by atoms with van der Waals surface area (Å²) < 4.78 is 3.28. The molecule has 6 aromatic heterocycles. The highest BCUT2D eigenvalue weighted by Crippen LogP contribution is 2.34. The number of nitrogens with two attached hydrogens (primary N) is 1. The molecule has 0 bridgehead atoms. The van der Waals surface area contributed by atoms with Gasteiger partial charge in [0.05, 0.1) is 82.7 Å². The minimum atomic E-state index is -0.829. The van der Waals surface area contributed by atoms with Gasteiger partial charge in [-0.2, -0.15) is 0 Å². The van der Waals surface area contributed by atoms with Crippen molar-refractivity contribution in [3.05, 3.63) is 216 Å². The van der Waals surface area contributed by atoms with Crippen LogP contribution in [0.1, 0.15) is 91.3 Å². The smallest absolute Gasteiger partial charge is 0.251 e. The first-order valence-corrected chi connectivity index (χ1v) is 41.2. The van der Waals surface area contributed by atoms with Crippen LogP contribution in [0.25, 0.3) is 112 Å². The number of likely N-dealkylation sites (N-methyl/N-ethyl adjacent to an activating group) is 2. The van der Waals surface area contributed by atoms with E-state index >= 15 is 0 Å². The molecule has 14 aromatic rings. The lowest BCUT2D eigenvalue weighted by Gasteiger charge is -2.33. The van der Waals surface area contributed by atoms with Crippen LogP contribution in [-0.2, 0) is 45.4 Å². The summed E-state index contributed by atoms with van der Waals surface area (Å²) >= 11 is 0. The summed E-state index contributed by atoms with van der Waals surface area (Å²) in [5.41, 5.74) is 22.8. The zero-order valence-corrected chi connectivity index (χ0v) is 68.7. The third-order valence-corrected chi connectivity index (χ3v) is 22.2. The second kappa shape index (κ2) is 37.1. The Hall–Kier alpha value is -14.4. The summed E-state index contributed by atoms with van der Waals surface area (Å²) in [6.07, 6.45) is 6.51. The first kappa shape index (κ1) is 82.3. The van der Waals surface area contributed by atoms with Crippen molar-refractivity contribution in [2.45, 2.75) is 76.8 Å². The number of hydrogen-bond donors (Lipinski definition) is 10. The fourth-order valence-electron chi connectivity index (χ4n) is 15.6. The van der Waals surface area contributed by atoms with Crippen LogP contribution in [0.15, 0.2) is 182 Å². The number of imidazole rings is 4. The van der Waals surface area contributed by atoms with Crippen LogP contribution < -0.4 is 32.3 Å². The maximum atomic E-state index is 14.4. The predicted octanol–water partition coefficient (Wildman–Crippen LogP) is 8.19. The van der Waals surface area contributed by atoms with E-state index in [1.54, 1.807) is 68.0 Å². The van der Waals surface area contributed by atoms with Gasteiger partial charge in [-0.05, 0) is 193 Å². The molecular formula is C90H95N25O8. The van der Waals surface area contributed by atoms with E-state index in [-0.39, 0.29) is 68.2 Å². The Morgan fingerprint density at radius 1 is 0.423 bits per heavy atom. The summed E-state index contributed by atoms with van der Waals surface area (Å²) in [6.45, 7) is 4.71. The van der Waals surface area contributed by atoms with E-state index in [0.717, 1.165) is 102 Å². The van der Waals surface area contributed by atoms with Crippen molar-refractivity contribution in [2.75, 3.05) is 93.6 Å². The highest BCUT2D eigenvalue weighted by atomic mass is 16.2. The van der Waals surface area contributed by atoms with E-state index in [4.69, 9.17) is 25.7 Å². The summed E-state index contributed by atoms with van der Waals surface area (Å²) in [5, 5.41) is 31.9. The van der Waals surface area contributed by atoms with Gasteiger partial charge in [-0.3, -0.25) is 47.7 Å². The number of H-pyrrole nitrogens is 4. The summed E-state index contributed by atoms with van der Waals surface area (Å²) in [6, 6.07) is 51.9. The van der Waals surface area contributed by atoms with E-state index in [9.17, 15) is 38.4 Å². The van der Waals surface area contributed by atoms with Crippen LogP contribution in [-0.4, -0.2) is 247 Å². The average Bonchev–Trinajstić information content (AvgIpc) is 1.64. The lowest BCUT2D eigenvalue weighted by molar-refractivity contribution is -0.149. The van der Waals surface area contributed by atoms with Crippen LogP contribution in [0.3, 0.4) is 0 Å². The summed E-state index contributed by atoms with van der Waals surface area (Å²) in [4.78, 5) is 149. The molecule has 33 heteroatoms. The number of hydrogen-bond acceptors (Lipinski definition) is 19. The number of benzene rings is 8. The van der Waals surface area contributed by atoms with E-state index in [1.165, 1.54) is 4.90 Å². The number of rotatable bonds is 34. The lowest BCUT2D eigenvalue weighted by atomic mass is 10.0. The second-order valence-electron chi connectivity index (χ2n) is 31.6. The predicted molar refractivity (Wildman–Crippen MR) is 466 cm³/mol. The molecule has 8 amide bonds. The van der Waals surface area contributed by atoms with E-state index in [2.05, 4.69) is 91.4 Å². The number of nitrogens with zero attached hydrogens (tertiary/aromatic N) is 15. The van der Waals surface area contributed by atoms with Crippen LogP contribution >= 0.6 is 0 Å². The molecule has 2 aliphatic rings. The molecule has 123 heavy (non-hydrogen) atoms. The van der Waals surface area contributed by atoms with Crippen LogP contribution in [0, 0.1) is 0 Å². The highest BCUT2D eigenvalue weighted by Gasteiger charge is 2.43. The third-order valence-electron chi connectivity index (χ3n) is 22.2. The monoisotopic (exact) mass is 1650 g/mol. The van der Waals surface area contributed by atoms with Gasteiger partial charge in [-0.25, -0.2) is 19.9 Å². The Morgan fingerprint density at radius 2 is 0.780 bits per heavy atom. The molecule has 2 saturated heterocycles. The van der Waals surface area contributed by atoms with E-state index in [0.29, 0.717) is 141 Å². The zero-order valence-electron chi connectivity index (χ0n) is 68.7. The van der Waals surface area contributed by atoms with E-state index < -0.39 is 23.9 Å². The topological polar surface area (TPSA) is 415 Å². The number of aryl methyl sites for hydroxylation is 2. The summed E-state index contributed by atoms with van der Waals surface area (Å²) in [7, 11) is 7.86. The van der Waals surface area contributed by atoms with Gasteiger partial charge in [0, 0.05) is 103 Å². The number of carbonyl (C=O) groups excluding carboxylic acids is 8. The maximum absolute atomic E-state index is 14.4. The van der Waals surface area contributed by atoms with Crippen LogP contribution in [0.4, 0.5) is 0 Å². The molecule has 0 spiro atoms. The Kier molecular flexibility index (Phi) is 24.8. The molecular weight excluding hydrogens is 1560 g/mol. The molecule has 16 rings (SSSR count). The van der Waals surface area contributed by atoms with Crippen molar-refractivity contribution in [3.8, 4) is 67.8 Å². The second-order valence-corrected chi connectivity index (χ2v) is 31.6. The van der Waals surface area contributed by atoms with Crippen LogP contribution in [0.5, 0.6) is 0 Å². The standard InChI is InChI=1S/C90H95N25O8/c1-109(2)43-36-93-85(118)59-19-11-55(12-20-59)81-97-69-31-27-63(45-73(69)101-81)65-29-33-71-75(47-65)103-83(99-71)57-15-23-61(24-16-57)87(120)95-49-67-52-112(107-105-67)39-7-35-92-51-80(117)114-41-5-10-78(114)90(123)115-42-6-9-77(115)89(122)111(54-79(91)116)38-8-40-113-53-68(106-108-113)50-96-88(121)62-25-17-58(18-26-62)84-100-72-34-30-66(48-76(72)104-84)64-28-32-70-74(46-64)102-82(98-70)56-13-21-60(22-14-56)86(119)94-37-44-110(3)4/h11-34,45-48,52-53,77-78,92H,5-10,35-44,49-51,54H2,1-4H3,(H2,91,116)(H,93,118)(H,94,119)(H,95,120)(H,96,121)(H,97,101)(H,98,102)(H,99,103)(H,100,104)/t77-,78-/m0/s1. The molecule has 2 fully saturated rings. The lowest BCUT2D eigenvalue weighted by Crippen LogP contribution is -2.55. The SMILES string of the molecule is CN(C)CCNC(=O)c1ccc(-c2nc3ccc(-c4ccc5nc(-c6ccc(C(=O)NCc7cn(CCCNCC(=O)N8CCC[C@H]8C(=O)N8CCC[C@H]8C(=O)N(CCCn8cc(CNC(=O)c9ccc(-c%10nc%11ccc(-c%12ccc%13nc(-c%14ccc(C(=O)NCCN(C)C)cc%14)[nH]c%13c%12)cc%11[nH]%10)cc9)nn8)CC(N)=O)nn7)cc6)[nH]c5c4)cc3[nH]2)cc1. The minimum absolute atomic E-state index is 0.00548. The fraction of sp³-hybridized carbons (Fsp3) is 0.289. The van der Waals surface area contributed by atoms with Gasteiger partial charge in [0.2, 0.25) is 23.6 Å². The molecule has 0 aliphatic carbocycles. The average molecular weight is 1650 g/mol. The zero-order chi connectivity index (χ0) is 85.2. The number of aromatic amines is 4. The van der Waals surface area contributed by atoms with Crippen LogP contribution in [0.2, 0.25) is 0 Å². The van der Waals surface area contributed by atoms with Gasteiger partial charge in [0.1, 0.15) is 46.8 Å². The first-order valence-electron chi connectivity index (χ1n) is 41.2. The van der Waals surface area contributed by atoms with E-state index in [1.807, 2.05) is 147 Å². The number of likely N-dealkylation sites (tertiary alicyclic amines) is 2. The molecule has 8 aromatic carbocycles. The Morgan fingerprint density at radius 3 is 1.16 bits per heavy atom. The molecule has 8 heterocycles. The number of amides is 8. The van der Waals surface area contributed by atoms with Gasteiger partial charge in [0.15, 0.2) is 0 Å². The third kappa shape index (κ3) is 19.6. The van der Waals surface area contributed by atoms with Crippen molar-refractivity contribution in [1.82, 2.24) is 121 Å². The maximum Gasteiger partial charge on any atom is 0.251 e. The molecule has 0 unspecified atom stereocenters. The normalized spacial score (nSPS) is 14.1. The van der Waals surface area contributed by atoms with Gasteiger partial charge >= 0.3 is 0 Å². The van der Waals surface area contributed by atoms with Gasteiger partial charge in [0.25, 0.3) is 23.6 Å². The summed E-state index contributed by atoms with van der Waals surface area (Å²) in [5.74, 6) is 0.283. The van der Waals surface area contributed by atoms with Crippen molar-refractivity contribution >= 4 is 91.4 Å². The number of primary amides is 1. The number of carbonyl (C=O) groups is 8. The molecule has 11 N–H and O–H groups in total. The Bertz CT molecular complexity index is 6220. The van der Waals surface area contributed by atoms with Crippen molar-refractivity contribution < 1.29 is 38.4 Å². The highest BCUT2D eigenvalue weighted by molar-refractivity contribution is 5.99. The number of aromatic nitrogens is 14. The quantitative estimate of drug-likeness (QED) is 0.0170. The molecule has 628 valence electrons. The van der Waals surface area contributed by atoms with Gasteiger partial charge < -0.3 is 76.8 Å². The number of fused-ring (bicyclic) bond motifs is 4. The fourth-order valence-corrected chi connectivity index (χ4v) is 15.6. The molecule has 0 saturated carbocycles. The van der Waals surface area contributed by atoms with Crippen molar-refractivity contribution in [1.29, 1.82) is 0 Å². The minimum Gasteiger partial charge on any atom is -0.368 e. The molecule has 0 radical (unpaired) electrons. The molecule has 2 atom stereocenters. The first-order chi connectivity index (χ1) is 59.7. The molecule has 33 nitrogen and oxygen atoms in total. The van der Waals surface area contributed by atoms with Gasteiger partial charge in [-0.1, -0.05) is 83.2 Å². The van der Waals surface area contributed by atoms with Crippen molar-refractivity contribution in [3.63, 3.8) is 0 Å². The molecule has 2 aliphatic heterocycles.